The number of benzene rings is 1. The van der Waals surface area contributed by atoms with Crippen LogP contribution in [0.1, 0.15) is 11.7 Å². The maximum Gasteiger partial charge on any atom is 0.148 e. The van der Waals surface area contributed by atoms with Crippen molar-refractivity contribution in [3.63, 3.8) is 0 Å². The molecule has 0 aliphatic heterocycles. The predicted molar refractivity (Wildman–Crippen MR) is 65.2 cm³/mol. The van der Waals surface area contributed by atoms with Crippen LogP contribution in [0.15, 0.2) is 29.1 Å². The highest BCUT2D eigenvalue weighted by Crippen LogP contribution is 2.24. The Morgan fingerprint density at radius 1 is 1.39 bits per heavy atom. The third-order valence-corrected chi connectivity index (χ3v) is 3.10. The molecule has 3 N–H and O–H groups in total. The molecule has 1 heterocycles. The van der Waals surface area contributed by atoms with Crippen molar-refractivity contribution in [3.05, 3.63) is 46.5 Å². The normalized spacial score (nSPS) is 12.7. The molecule has 2 aromatic rings. The number of aromatic nitrogens is 2. The molecule has 96 valence electrons. The van der Waals surface area contributed by atoms with Crippen LogP contribution in [0.5, 0.6) is 0 Å². The van der Waals surface area contributed by atoms with Gasteiger partial charge in [0.1, 0.15) is 11.6 Å². The highest BCUT2D eigenvalue weighted by molar-refractivity contribution is 9.10. The summed E-state index contributed by atoms with van der Waals surface area (Å²) >= 11 is 2.90. The van der Waals surface area contributed by atoms with Crippen LogP contribution in [0.3, 0.4) is 0 Å². The van der Waals surface area contributed by atoms with Gasteiger partial charge in [-0.15, -0.1) is 0 Å². The molecule has 0 radical (unpaired) electrons. The van der Waals surface area contributed by atoms with Crippen LogP contribution in [-0.2, 0) is 0 Å². The van der Waals surface area contributed by atoms with Crippen molar-refractivity contribution in [2.45, 2.75) is 6.04 Å². The van der Waals surface area contributed by atoms with Gasteiger partial charge >= 0.3 is 0 Å². The average molecular weight is 318 g/mol. The number of halogens is 3. The summed E-state index contributed by atoms with van der Waals surface area (Å²) in [4.78, 5) is 3.83. The van der Waals surface area contributed by atoms with Gasteiger partial charge in [0.15, 0.2) is 0 Å². The molecule has 1 atom stereocenters. The number of nitrogens with two attached hydrogens (primary N) is 1. The van der Waals surface area contributed by atoms with Crippen LogP contribution in [0.4, 0.5) is 8.78 Å². The molecule has 1 aromatic carbocycles. The number of aliphatic hydroxyl groups is 1. The van der Waals surface area contributed by atoms with Gasteiger partial charge in [-0.3, -0.25) is 4.57 Å². The van der Waals surface area contributed by atoms with E-state index in [0.717, 1.165) is 12.1 Å². The highest BCUT2D eigenvalue weighted by Gasteiger charge is 2.16. The van der Waals surface area contributed by atoms with Gasteiger partial charge in [-0.2, -0.15) is 0 Å². The van der Waals surface area contributed by atoms with E-state index in [1.165, 1.54) is 17.1 Å². The van der Waals surface area contributed by atoms with E-state index in [1.54, 1.807) is 0 Å². The Hall–Kier alpha value is -1.31. The Balaban J connectivity index is 2.56. The molecule has 0 fully saturated rings. The molecule has 18 heavy (non-hydrogen) atoms. The summed E-state index contributed by atoms with van der Waals surface area (Å²) in [5, 5.41) is 9.00. The predicted octanol–water partition coefficient (Wildman–Crippen LogP) is 1.91. The van der Waals surface area contributed by atoms with Crippen LogP contribution >= 0.6 is 15.9 Å². The van der Waals surface area contributed by atoms with E-state index in [4.69, 9.17) is 10.8 Å². The molecule has 0 bridgehead atoms. The van der Waals surface area contributed by atoms with Gasteiger partial charge in [0.05, 0.1) is 41.0 Å². The molecule has 1 aromatic heterocycles. The van der Waals surface area contributed by atoms with Crippen molar-refractivity contribution >= 4 is 15.9 Å². The summed E-state index contributed by atoms with van der Waals surface area (Å²) < 4.78 is 28.6. The summed E-state index contributed by atoms with van der Waals surface area (Å²) in [6.07, 6.45) is 2.72. The second kappa shape index (κ2) is 5.13. The molecular weight excluding hydrogens is 308 g/mol. The number of rotatable bonds is 3. The summed E-state index contributed by atoms with van der Waals surface area (Å²) in [6, 6.07) is 1.35. The summed E-state index contributed by atoms with van der Waals surface area (Å²) in [5.74, 6) is -1.21. The van der Waals surface area contributed by atoms with Crippen molar-refractivity contribution in [2.75, 3.05) is 6.61 Å². The molecule has 0 aliphatic rings. The number of nitrogens with zero attached hydrogens (tertiary/aromatic N) is 2. The van der Waals surface area contributed by atoms with Crippen LogP contribution in [0.25, 0.3) is 5.69 Å². The zero-order valence-corrected chi connectivity index (χ0v) is 10.7. The maximum absolute atomic E-state index is 13.8. The fourth-order valence-electron chi connectivity index (χ4n) is 1.57. The van der Waals surface area contributed by atoms with E-state index < -0.39 is 17.7 Å². The van der Waals surface area contributed by atoms with Gasteiger partial charge in [0.25, 0.3) is 0 Å². The zero-order chi connectivity index (χ0) is 13.3. The first-order valence-corrected chi connectivity index (χ1v) is 5.87. The van der Waals surface area contributed by atoms with Crippen molar-refractivity contribution in [1.29, 1.82) is 0 Å². The fourth-order valence-corrected chi connectivity index (χ4v) is 1.89. The molecule has 0 saturated heterocycles. The van der Waals surface area contributed by atoms with Gasteiger partial charge < -0.3 is 10.8 Å². The van der Waals surface area contributed by atoms with Crippen LogP contribution < -0.4 is 5.73 Å². The van der Waals surface area contributed by atoms with E-state index >= 15 is 0 Å². The largest absolute Gasteiger partial charge is 0.394 e. The lowest BCUT2D eigenvalue weighted by Gasteiger charge is -2.13. The summed E-state index contributed by atoms with van der Waals surface area (Å²) in [6.45, 7) is -0.313. The van der Waals surface area contributed by atoms with Crippen molar-refractivity contribution in [2.24, 2.45) is 5.73 Å². The number of hydrogen-bond donors (Lipinski definition) is 2. The molecule has 1 unspecified atom stereocenters. The Morgan fingerprint density at radius 3 is 2.78 bits per heavy atom. The molecule has 0 spiro atoms. The van der Waals surface area contributed by atoms with E-state index in [2.05, 4.69) is 20.9 Å². The second-order valence-electron chi connectivity index (χ2n) is 3.70. The first-order valence-electron chi connectivity index (χ1n) is 5.08. The van der Waals surface area contributed by atoms with E-state index in [9.17, 15) is 8.78 Å². The molecule has 0 saturated carbocycles. The first kappa shape index (κ1) is 13.1. The molecule has 2 rings (SSSR count). The van der Waals surface area contributed by atoms with Gasteiger partial charge in [0, 0.05) is 6.07 Å². The standard InChI is InChI=1S/C11H10BrF2N3O/c12-6-1-8(14)10(2-7(6)13)17-5-16-3-11(17)9(15)4-18/h1-3,5,9,18H,4,15H2. The third kappa shape index (κ3) is 2.29. The molecule has 0 amide bonds. The van der Waals surface area contributed by atoms with Crippen LogP contribution in [0.2, 0.25) is 0 Å². The summed E-state index contributed by atoms with van der Waals surface area (Å²) in [7, 11) is 0. The molecule has 7 heteroatoms. The second-order valence-corrected chi connectivity index (χ2v) is 4.55. The minimum atomic E-state index is -0.710. The zero-order valence-electron chi connectivity index (χ0n) is 9.15. The minimum absolute atomic E-state index is 0.00731. The Bertz CT molecular complexity index is 573. The van der Waals surface area contributed by atoms with Crippen LogP contribution in [0, 0.1) is 11.6 Å². The molecular formula is C11H10BrF2N3O. The first-order chi connectivity index (χ1) is 8.54. The Kier molecular flexibility index (Phi) is 3.74. The minimum Gasteiger partial charge on any atom is -0.394 e. The van der Waals surface area contributed by atoms with E-state index in [0.29, 0.717) is 5.69 Å². The van der Waals surface area contributed by atoms with Gasteiger partial charge in [-0.25, -0.2) is 13.8 Å². The van der Waals surface area contributed by atoms with E-state index in [-0.39, 0.29) is 16.8 Å². The van der Waals surface area contributed by atoms with Gasteiger partial charge in [-0.05, 0) is 22.0 Å². The average Bonchev–Trinajstić information content (AvgIpc) is 2.81. The third-order valence-electron chi connectivity index (χ3n) is 2.49. The van der Waals surface area contributed by atoms with Crippen molar-refractivity contribution < 1.29 is 13.9 Å². The molecule has 4 nitrogen and oxygen atoms in total. The number of hydrogen-bond acceptors (Lipinski definition) is 3. The van der Waals surface area contributed by atoms with Crippen molar-refractivity contribution in [1.82, 2.24) is 9.55 Å². The van der Waals surface area contributed by atoms with Crippen LogP contribution in [-0.4, -0.2) is 21.3 Å². The van der Waals surface area contributed by atoms with E-state index in [1.807, 2.05) is 0 Å². The number of imidazole rings is 1. The van der Waals surface area contributed by atoms with Gasteiger partial charge in [0.2, 0.25) is 0 Å². The molecule has 0 aliphatic carbocycles. The van der Waals surface area contributed by atoms with Crippen molar-refractivity contribution in [3.8, 4) is 5.69 Å². The highest BCUT2D eigenvalue weighted by atomic mass is 79.9. The Labute approximate surface area is 110 Å². The summed E-state index contributed by atoms with van der Waals surface area (Å²) in [5.41, 5.74) is 6.05. The lowest BCUT2D eigenvalue weighted by atomic mass is 10.2. The fraction of sp³-hybridized carbons (Fsp3) is 0.182. The lowest BCUT2D eigenvalue weighted by Crippen LogP contribution is -2.18. The monoisotopic (exact) mass is 317 g/mol. The number of aliphatic hydroxyl groups excluding tert-OH is 1. The quantitative estimate of drug-likeness (QED) is 0.850. The van der Waals surface area contributed by atoms with Gasteiger partial charge in [-0.1, -0.05) is 0 Å². The smallest absolute Gasteiger partial charge is 0.148 e. The SMILES string of the molecule is NC(CO)c1cncn1-c1cc(F)c(Br)cc1F. The topological polar surface area (TPSA) is 64.1 Å². The Morgan fingerprint density at radius 2 is 2.11 bits per heavy atom. The maximum atomic E-state index is 13.8. The lowest BCUT2D eigenvalue weighted by molar-refractivity contribution is 0.265.